The molecule has 3 rings (SSSR count). The monoisotopic (exact) mass is 274 g/mol. The summed E-state index contributed by atoms with van der Waals surface area (Å²) >= 11 is 0. The second-order valence-corrected chi connectivity index (χ2v) is 6.07. The molecule has 1 saturated carbocycles. The van der Waals surface area contributed by atoms with Crippen LogP contribution < -0.4 is 5.32 Å². The number of nitrogens with one attached hydrogen (secondary N) is 1. The zero-order valence-electron chi connectivity index (χ0n) is 11.7. The first-order chi connectivity index (χ1) is 9.70. The molecule has 20 heavy (non-hydrogen) atoms. The Balaban J connectivity index is 1.46. The first kappa shape index (κ1) is 13.6. The lowest BCUT2D eigenvalue weighted by Gasteiger charge is -2.16. The van der Waals surface area contributed by atoms with Crippen LogP contribution in [0, 0.1) is 5.92 Å². The number of carboxylic acids is 1. The molecule has 1 atom stereocenters. The van der Waals surface area contributed by atoms with Gasteiger partial charge in [0.1, 0.15) is 0 Å². The summed E-state index contributed by atoms with van der Waals surface area (Å²) < 4.78 is 0. The van der Waals surface area contributed by atoms with Crippen LogP contribution in [0.3, 0.4) is 0 Å². The van der Waals surface area contributed by atoms with Crippen molar-refractivity contribution < 1.29 is 9.90 Å². The van der Waals surface area contributed by atoms with Gasteiger partial charge in [0.15, 0.2) is 0 Å². The first-order valence-corrected chi connectivity index (χ1v) is 7.48. The van der Waals surface area contributed by atoms with Gasteiger partial charge in [-0.05, 0) is 56.0 Å². The van der Waals surface area contributed by atoms with Crippen LogP contribution in [0.25, 0.3) is 0 Å². The second kappa shape index (κ2) is 5.94. The van der Waals surface area contributed by atoms with E-state index in [1.807, 2.05) is 12.1 Å². The van der Waals surface area contributed by atoms with E-state index in [0.29, 0.717) is 5.56 Å². The summed E-state index contributed by atoms with van der Waals surface area (Å²) in [4.78, 5) is 13.3. The van der Waals surface area contributed by atoms with E-state index in [0.717, 1.165) is 38.1 Å². The molecular weight excluding hydrogens is 252 g/mol. The third kappa shape index (κ3) is 3.58. The molecule has 2 fully saturated rings. The van der Waals surface area contributed by atoms with Gasteiger partial charge in [0.2, 0.25) is 0 Å². The van der Waals surface area contributed by atoms with Crippen molar-refractivity contribution in [3.63, 3.8) is 0 Å². The SMILES string of the molecule is O=C(O)c1ccc(CN2CC[C@@H](CNC3CC3)C2)cc1. The minimum absolute atomic E-state index is 0.363. The van der Waals surface area contributed by atoms with Crippen LogP contribution >= 0.6 is 0 Å². The van der Waals surface area contributed by atoms with E-state index >= 15 is 0 Å². The summed E-state index contributed by atoms with van der Waals surface area (Å²) in [5.41, 5.74) is 1.56. The van der Waals surface area contributed by atoms with Gasteiger partial charge in [-0.1, -0.05) is 12.1 Å². The van der Waals surface area contributed by atoms with Crippen LogP contribution in [0.1, 0.15) is 35.2 Å². The van der Waals surface area contributed by atoms with Crippen molar-refractivity contribution in [1.29, 1.82) is 0 Å². The smallest absolute Gasteiger partial charge is 0.335 e. The molecule has 2 N–H and O–H groups in total. The van der Waals surface area contributed by atoms with Crippen molar-refractivity contribution in [2.75, 3.05) is 19.6 Å². The van der Waals surface area contributed by atoms with Crippen LogP contribution in [0.2, 0.25) is 0 Å². The fourth-order valence-corrected chi connectivity index (χ4v) is 2.85. The van der Waals surface area contributed by atoms with E-state index in [9.17, 15) is 4.79 Å². The number of hydrogen-bond acceptors (Lipinski definition) is 3. The predicted molar refractivity (Wildman–Crippen MR) is 77.8 cm³/mol. The molecule has 4 nitrogen and oxygen atoms in total. The molecule has 0 bridgehead atoms. The zero-order valence-corrected chi connectivity index (χ0v) is 11.7. The Labute approximate surface area is 119 Å². The molecule has 0 aromatic heterocycles. The van der Waals surface area contributed by atoms with Crippen molar-refractivity contribution in [3.05, 3.63) is 35.4 Å². The van der Waals surface area contributed by atoms with E-state index in [2.05, 4.69) is 10.2 Å². The summed E-state index contributed by atoms with van der Waals surface area (Å²) in [6, 6.07) is 8.05. The zero-order chi connectivity index (χ0) is 13.9. The lowest BCUT2D eigenvalue weighted by molar-refractivity contribution is 0.0697. The molecule has 2 aliphatic rings. The van der Waals surface area contributed by atoms with E-state index in [-0.39, 0.29) is 0 Å². The van der Waals surface area contributed by atoms with Crippen LogP contribution in [-0.4, -0.2) is 41.7 Å². The van der Waals surface area contributed by atoms with Crippen molar-refractivity contribution in [1.82, 2.24) is 10.2 Å². The van der Waals surface area contributed by atoms with Gasteiger partial charge >= 0.3 is 5.97 Å². The third-order valence-corrected chi connectivity index (χ3v) is 4.25. The molecule has 1 aromatic rings. The highest BCUT2D eigenvalue weighted by atomic mass is 16.4. The maximum Gasteiger partial charge on any atom is 0.335 e. The van der Waals surface area contributed by atoms with E-state index in [4.69, 9.17) is 5.11 Å². The molecule has 0 spiro atoms. The maximum atomic E-state index is 10.8. The third-order valence-electron chi connectivity index (χ3n) is 4.25. The lowest BCUT2D eigenvalue weighted by Crippen LogP contribution is -2.27. The lowest BCUT2D eigenvalue weighted by atomic mass is 10.1. The van der Waals surface area contributed by atoms with Crippen LogP contribution in [0.5, 0.6) is 0 Å². The average Bonchev–Trinajstić information content (AvgIpc) is 3.17. The topological polar surface area (TPSA) is 52.6 Å². The number of benzene rings is 1. The Bertz CT molecular complexity index is 468. The van der Waals surface area contributed by atoms with E-state index in [1.165, 1.54) is 24.8 Å². The molecule has 108 valence electrons. The van der Waals surface area contributed by atoms with Gasteiger partial charge in [-0.3, -0.25) is 4.90 Å². The minimum atomic E-state index is -0.857. The second-order valence-electron chi connectivity index (χ2n) is 6.07. The van der Waals surface area contributed by atoms with E-state index in [1.54, 1.807) is 12.1 Å². The quantitative estimate of drug-likeness (QED) is 0.832. The van der Waals surface area contributed by atoms with Crippen molar-refractivity contribution in [2.45, 2.75) is 31.8 Å². The van der Waals surface area contributed by atoms with Gasteiger partial charge in [0, 0.05) is 19.1 Å². The van der Waals surface area contributed by atoms with Crippen LogP contribution in [0.4, 0.5) is 0 Å². The standard InChI is InChI=1S/C16H22N2O2/c19-16(20)14-3-1-12(2-4-14)10-18-8-7-13(11-18)9-17-15-5-6-15/h1-4,13,15,17H,5-11H2,(H,19,20)/t13-/m0/s1. The van der Waals surface area contributed by atoms with Gasteiger partial charge in [-0.2, -0.15) is 0 Å². The van der Waals surface area contributed by atoms with Crippen LogP contribution in [-0.2, 0) is 6.54 Å². The Morgan fingerprint density at radius 1 is 1.25 bits per heavy atom. The van der Waals surface area contributed by atoms with Gasteiger partial charge in [0.25, 0.3) is 0 Å². The molecule has 1 aliphatic carbocycles. The number of likely N-dealkylation sites (tertiary alicyclic amines) is 1. The normalized spacial score (nSPS) is 23.1. The predicted octanol–water partition coefficient (Wildman–Crippen LogP) is 1.96. The fourth-order valence-electron chi connectivity index (χ4n) is 2.85. The maximum absolute atomic E-state index is 10.8. The largest absolute Gasteiger partial charge is 0.478 e. The summed E-state index contributed by atoms with van der Waals surface area (Å²) in [5, 5.41) is 12.5. The number of hydrogen-bond donors (Lipinski definition) is 2. The molecule has 1 aliphatic heterocycles. The van der Waals surface area contributed by atoms with E-state index < -0.39 is 5.97 Å². The number of nitrogens with zero attached hydrogens (tertiary/aromatic N) is 1. The fraction of sp³-hybridized carbons (Fsp3) is 0.562. The van der Waals surface area contributed by atoms with Gasteiger partial charge in [-0.25, -0.2) is 4.79 Å². The molecule has 1 saturated heterocycles. The molecule has 1 aromatic carbocycles. The number of rotatable bonds is 6. The van der Waals surface area contributed by atoms with Gasteiger partial charge in [-0.15, -0.1) is 0 Å². The van der Waals surface area contributed by atoms with Crippen molar-refractivity contribution in [3.8, 4) is 0 Å². The molecule has 0 unspecified atom stereocenters. The Kier molecular flexibility index (Phi) is 4.03. The highest BCUT2D eigenvalue weighted by molar-refractivity contribution is 5.87. The first-order valence-electron chi connectivity index (χ1n) is 7.48. The molecular formula is C16H22N2O2. The highest BCUT2D eigenvalue weighted by Gasteiger charge is 2.26. The summed E-state index contributed by atoms with van der Waals surface area (Å²) in [6.07, 6.45) is 3.98. The van der Waals surface area contributed by atoms with Gasteiger partial charge in [0.05, 0.1) is 5.56 Å². The van der Waals surface area contributed by atoms with Crippen molar-refractivity contribution >= 4 is 5.97 Å². The summed E-state index contributed by atoms with van der Waals surface area (Å²) in [6.45, 7) is 4.39. The van der Waals surface area contributed by atoms with Gasteiger partial charge < -0.3 is 10.4 Å². The number of aromatic carboxylic acids is 1. The average molecular weight is 274 g/mol. The Hall–Kier alpha value is -1.39. The minimum Gasteiger partial charge on any atom is -0.478 e. The summed E-state index contributed by atoms with van der Waals surface area (Å²) in [7, 11) is 0. The number of carbonyl (C=O) groups is 1. The molecule has 1 heterocycles. The number of carboxylic acid groups (broad SMARTS) is 1. The van der Waals surface area contributed by atoms with Crippen molar-refractivity contribution in [2.24, 2.45) is 5.92 Å². The Morgan fingerprint density at radius 2 is 2.00 bits per heavy atom. The molecule has 0 radical (unpaired) electrons. The summed E-state index contributed by atoms with van der Waals surface area (Å²) in [5.74, 6) is -0.0853. The molecule has 0 amide bonds. The Morgan fingerprint density at radius 3 is 2.65 bits per heavy atom. The highest BCUT2D eigenvalue weighted by Crippen LogP contribution is 2.22. The van der Waals surface area contributed by atoms with Crippen LogP contribution in [0.15, 0.2) is 24.3 Å². The molecule has 4 heteroatoms.